The number of para-hydroxylation sites is 1. The highest BCUT2D eigenvalue weighted by molar-refractivity contribution is 8.49. The number of anilines is 2. The molecule has 1 N–H and O–H groups in total. The zero-order valence-electron chi connectivity index (χ0n) is 24.1. The fourth-order valence-corrected chi connectivity index (χ4v) is 7.63. The molecule has 5 nitrogen and oxygen atoms in total. The van der Waals surface area contributed by atoms with Crippen LogP contribution in [0.25, 0.3) is 11.1 Å². The first-order chi connectivity index (χ1) is 20.2. The predicted molar refractivity (Wildman–Crippen MR) is 172 cm³/mol. The van der Waals surface area contributed by atoms with Crippen LogP contribution in [-0.4, -0.2) is 37.7 Å². The van der Waals surface area contributed by atoms with Crippen molar-refractivity contribution in [3.63, 3.8) is 0 Å². The number of benzene rings is 3. The highest BCUT2D eigenvalue weighted by Crippen LogP contribution is 2.53. The van der Waals surface area contributed by atoms with Crippen molar-refractivity contribution in [1.29, 1.82) is 0 Å². The van der Waals surface area contributed by atoms with Gasteiger partial charge in [0.05, 0.1) is 23.4 Å². The number of nitrogens with zero attached hydrogens (tertiary/aromatic N) is 1. The summed E-state index contributed by atoms with van der Waals surface area (Å²) in [6.45, 7) is 4.63. The van der Waals surface area contributed by atoms with Crippen molar-refractivity contribution in [3.8, 4) is 16.9 Å². The lowest BCUT2D eigenvalue weighted by atomic mass is 9.98. The first-order valence-corrected chi connectivity index (χ1v) is 16.8. The number of hydrogen-bond acceptors (Lipinski definition) is 6. The van der Waals surface area contributed by atoms with E-state index in [1.807, 2.05) is 42.5 Å². The molecule has 0 bridgehead atoms. The van der Waals surface area contributed by atoms with Crippen molar-refractivity contribution < 1.29 is 28.2 Å². The number of alkyl halides is 2. The number of carbonyl (C=O) groups excluding carboxylic acids is 1. The van der Waals surface area contributed by atoms with Crippen LogP contribution in [0.1, 0.15) is 54.4 Å². The molecule has 0 amide bonds. The van der Waals surface area contributed by atoms with Crippen molar-refractivity contribution in [2.24, 2.45) is 0 Å². The normalized spacial score (nSPS) is 14.9. The number of rotatable bonds is 6. The molecule has 10 heteroatoms. The number of methoxy groups -OCH3 is 1. The van der Waals surface area contributed by atoms with Gasteiger partial charge >= 0.3 is 12.1 Å². The Labute approximate surface area is 257 Å². The smallest absolute Gasteiger partial charge is 0.419 e. The molecule has 0 radical (unpaired) electrons. The van der Waals surface area contributed by atoms with Crippen LogP contribution in [0, 0.1) is 6.92 Å². The van der Waals surface area contributed by atoms with Gasteiger partial charge in [-0.3, -0.25) is 0 Å². The zero-order valence-corrected chi connectivity index (χ0v) is 26.7. The summed E-state index contributed by atoms with van der Waals surface area (Å²) < 4.78 is 37.7. The molecule has 42 heavy (non-hydrogen) atoms. The van der Waals surface area contributed by atoms with E-state index in [-0.39, 0.29) is 16.9 Å². The molecule has 1 aliphatic heterocycles. The monoisotopic (exact) mass is 635 g/mol. The van der Waals surface area contributed by atoms with Crippen molar-refractivity contribution in [1.82, 2.24) is 0 Å². The second-order valence-electron chi connectivity index (χ2n) is 9.60. The Morgan fingerprint density at radius 1 is 1.07 bits per heavy atom. The van der Waals surface area contributed by atoms with Crippen molar-refractivity contribution >= 4 is 48.1 Å². The van der Waals surface area contributed by atoms with Crippen molar-refractivity contribution in [2.45, 2.75) is 56.5 Å². The fourth-order valence-electron chi connectivity index (χ4n) is 4.67. The minimum Gasteiger partial charge on any atom is -0.465 e. The lowest BCUT2D eigenvalue weighted by molar-refractivity contribution is -0.131. The molecule has 0 aromatic heterocycles. The van der Waals surface area contributed by atoms with Gasteiger partial charge in [0.1, 0.15) is 5.75 Å². The largest absolute Gasteiger partial charge is 0.465 e. The summed E-state index contributed by atoms with van der Waals surface area (Å²) in [4.78, 5) is 15.6. The van der Waals surface area contributed by atoms with Gasteiger partial charge in [-0.25, -0.2) is 4.79 Å². The van der Waals surface area contributed by atoms with Gasteiger partial charge < -0.3 is 19.5 Å². The summed E-state index contributed by atoms with van der Waals surface area (Å²) in [7, 11) is 2.83. The third-order valence-electron chi connectivity index (χ3n) is 6.87. The number of fused-ring (bicyclic) bond motifs is 1. The standard InChI is InChI=1S/C25H21ClF2NO3PS.C6H12.CH4O/c1-4-25(27,28)32-22-11-16(10-18(15(22)2)24(30)31-3)19-12-23-21(13-20(19)26)29(14-33-34-23)17-8-6-5-7-9-17;1-2-4-6-5-3-1;1-2/h4-13,33H,1,14H2,2-3H3;1-6H2;2H,1H3. The second kappa shape index (κ2) is 16.3. The maximum atomic E-state index is 14.0. The van der Waals surface area contributed by atoms with Crippen LogP contribution in [-0.2, 0) is 4.74 Å². The Bertz CT molecular complexity index is 1340. The predicted octanol–water partition coefficient (Wildman–Crippen LogP) is 10.0. The highest BCUT2D eigenvalue weighted by Gasteiger charge is 2.29. The molecule has 1 saturated carbocycles. The van der Waals surface area contributed by atoms with Gasteiger partial charge in [0.25, 0.3) is 0 Å². The number of aliphatic hydroxyl groups is 1. The van der Waals surface area contributed by atoms with Gasteiger partial charge in [-0.1, -0.05) is 86.3 Å². The van der Waals surface area contributed by atoms with Crippen molar-refractivity contribution in [2.75, 3.05) is 25.4 Å². The molecule has 3 aromatic carbocycles. The molecule has 1 fully saturated rings. The number of carbonyl (C=O) groups is 1. The first kappa shape index (κ1) is 33.9. The van der Waals surface area contributed by atoms with Crippen LogP contribution < -0.4 is 9.64 Å². The maximum absolute atomic E-state index is 14.0. The average Bonchev–Trinajstić information content (AvgIpc) is 3.03. The van der Waals surface area contributed by atoms with Gasteiger partial charge in [-0.15, -0.1) is 0 Å². The third kappa shape index (κ3) is 8.70. The zero-order chi connectivity index (χ0) is 30.7. The highest BCUT2D eigenvalue weighted by atomic mass is 35.5. The Hall–Kier alpha value is -2.64. The van der Waals surface area contributed by atoms with Gasteiger partial charge in [0.2, 0.25) is 0 Å². The van der Waals surface area contributed by atoms with Crippen LogP contribution in [0.4, 0.5) is 20.2 Å². The molecule has 1 heterocycles. The molecular formula is C32H37ClF2NO4PS. The molecule has 226 valence electrons. The summed E-state index contributed by atoms with van der Waals surface area (Å²) in [5.41, 5.74) is 3.45. The van der Waals surface area contributed by atoms with E-state index in [4.69, 9.17) is 26.2 Å². The summed E-state index contributed by atoms with van der Waals surface area (Å²) in [5.74, 6) is -0.816. The second-order valence-corrected chi connectivity index (χ2v) is 12.7. The van der Waals surface area contributed by atoms with Crippen LogP contribution in [0.3, 0.4) is 0 Å². The van der Waals surface area contributed by atoms with Gasteiger partial charge in [-0.05, 0) is 56.7 Å². The van der Waals surface area contributed by atoms with Crippen LogP contribution in [0.5, 0.6) is 5.75 Å². The summed E-state index contributed by atoms with van der Waals surface area (Å²) in [5, 5.41) is 7.42. The van der Waals surface area contributed by atoms with Crippen LogP contribution >= 0.6 is 30.8 Å². The van der Waals surface area contributed by atoms with Gasteiger partial charge in [0, 0.05) is 41.2 Å². The third-order valence-corrected chi connectivity index (χ3v) is 9.80. The SMILES string of the molecule is C1CCCCC1.C=CC(F)(F)Oc1cc(-c2cc3c(cc2Cl)N(c2ccccc2)CPS3)cc(C(=O)OC)c1C.CO. The fraction of sp³-hybridized carbons (Fsp3) is 0.344. The summed E-state index contributed by atoms with van der Waals surface area (Å²) in [6, 6.07) is 16.8. The molecule has 0 spiro atoms. The quantitative estimate of drug-likeness (QED) is 0.165. The van der Waals surface area contributed by atoms with E-state index in [0.29, 0.717) is 30.0 Å². The van der Waals surface area contributed by atoms with E-state index in [1.54, 1.807) is 17.4 Å². The van der Waals surface area contributed by atoms with E-state index < -0.39 is 12.1 Å². The molecule has 5 rings (SSSR count). The summed E-state index contributed by atoms with van der Waals surface area (Å²) in [6.07, 6.45) is 6.64. The number of hydrogen-bond donors (Lipinski definition) is 1. The topological polar surface area (TPSA) is 59.0 Å². The lowest BCUT2D eigenvalue weighted by Crippen LogP contribution is -2.22. The minimum atomic E-state index is -3.61. The van der Waals surface area contributed by atoms with Crippen LogP contribution in [0.2, 0.25) is 5.02 Å². The lowest BCUT2D eigenvalue weighted by Gasteiger charge is -2.31. The first-order valence-electron chi connectivity index (χ1n) is 13.7. The molecule has 1 aliphatic carbocycles. The molecular weight excluding hydrogens is 599 g/mol. The van der Waals surface area contributed by atoms with Crippen molar-refractivity contribution in [3.05, 3.63) is 83.4 Å². The molecule has 3 aromatic rings. The minimum absolute atomic E-state index is 0.115. The van der Waals surface area contributed by atoms with E-state index in [0.717, 1.165) is 29.7 Å². The molecule has 0 saturated heterocycles. The summed E-state index contributed by atoms with van der Waals surface area (Å²) >= 11 is 8.42. The number of ether oxygens (including phenoxy) is 2. The van der Waals surface area contributed by atoms with E-state index in [2.05, 4.69) is 11.5 Å². The van der Waals surface area contributed by atoms with Gasteiger partial charge in [0.15, 0.2) is 0 Å². The number of aliphatic hydroxyl groups excluding tert-OH is 1. The van der Waals surface area contributed by atoms with E-state index >= 15 is 0 Å². The molecule has 2 aliphatic rings. The maximum Gasteiger partial charge on any atom is 0.419 e. The Kier molecular flexibility index (Phi) is 13.1. The average molecular weight is 636 g/mol. The van der Waals surface area contributed by atoms with Crippen LogP contribution in [0.15, 0.2) is 72.1 Å². The van der Waals surface area contributed by atoms with Gasteiger partial charge in [-0.2, -0.15) is 8.78 Å². The van der Waals surface area contributed by atoms with E-state index in [9.17, 15) is 13.6 Å². The number of halogens is 3. The number of esters is 1. The molecule has 1 unspecified atom stereocenters. The Morgan fingerprint density at radius 2 is 1.69 bits per heavy atom. The molecule has 1 atom stereocenters. The Balaban J connectivity index is 0.000000530. The van der Waals surface area contributed by atoms with E-state index in [1.165, 1.54) is 58.6 Å². The Morgan fingerprint density at radius 3 is 2.26 bits per heavy atom.